The summed E-state index contributed by atoms with van der Waals surface area (Å²) < 4.78 is 0. The van der Waals surface area contributed by atoms with Crippen molar-refractivity contribution in [1.29, 1.82) is 0 Å². The summed E-state index contributed by atoms with van der Waals surface area (Å²) in [5, 5.41) is 0. The van der Waals surface area contributed by atoms with E-state index in [2.05, 4.69) is 30.9 Å². The fourth-order valence-electron chi connectivity index (χ4n) is 3.76. The van der Waals surface area contributed by atoms with E-state index >= 15 is 0 Å². The first kappa shape index (κ1) is 23.2. The predicted octanol–water partition coefficient (Wildman–Crippen LogP) is 7.28. The zero-order valence-electron chi connectivity index (χ0n) is 17.8. The second-order valence-electron chi connectivity index (χ2n) is 8.40. The molecule has 0 aliphatic carbocycles. The molecule has 0 atom stereocenters. The molecule has 26 heavy (non-hydrogen) atoms. The van der Waals surface area contributed by atoms with Crippen LogP contribution in [0.15, 0.2) is 12.2 Å². The summed E-state index contributed by atoms with van der Waals surface area (Å²) in [6, 6.07) is 0. The molecule has 1 rings (SSSR count). The number of rotatable bonds is 15. The predicted molar refractivity (Wildman–Crippen MR) is 114 cm³/mol. The third-order valence-corrected chi connectivity index (χ3v) is 5.79. The Morgan fingerprint density at radius 1 is 0.808 bits per heavy atom. The molecule has 1 amide bonds. The first-order chi connectivity index (χ1) is 12.7. The summed E-state index contributed by atoms with van der Waals surface area (Å²) >= 11 is 0. The number of carbonyl (C=O) groups is 1. The van der Waals surface area contributed by atoms with Crippen LogP contribution in [0.5, 0.6) is 0 Å². The SMILES string of the molecule is CCCCCCCCC=CCCCCCCCC(=O)N1CCC(C)CC1. The van der Waals surface area contributed by atoms with Crippen LogP contribution in [-0.4, -0.2) is 23.9 Å². The van der Waals surface area contributed by atoms with Gasteiger partial charge in [-0.1, -0.05) is 77.4 Å². The maximum Gasteiger partial charge on any atom is 0.222 e. The molecule has 0 radical (unpaired) electrons. The number of amides is 1. The molecule has 0 unspecified atom stereocenters. The van der Waals surface area contributed by atoms with Crippen molar-refractivity contribution in [2.24, 2.45) is 5.92 Å². The van der Waals surface area contributed by atoms with E-state index in [9.17, 15) is 4.79 Å². The van der Waals surface area contributed by atoms with E-state index in [1.54, 1.807) is 0 Å². The Hall–Kier alpha value is -0.790. The van der Waals surface area contributed by atoms with E-state index in [1.807, 2.05) is 0 Å². The van der Waals surface area contributed by atoms with Crippen molar-refractivity contribution in [3.8, 4) is 0 Å². The van der Waals surface area contributed by atoms with Gasteiger partial charge in [-0.05, 0) is 50.9 Å². The number of unbranched alkanes of at least 4 members (excludes halogenated alkanes) is 11. The van der Waals surface area contributed by atoms with Gasteiger partial charge in [-0.15, -0.1) is 0 Å². The van der Waals surface area contributed by atoms with Crippen molar-refractivity contribution >= 4 is 5.91 Å². The van der Waals surface area contributed by atoms with Gasteiger partial charge < -0.3 is 4.90 Å². The van der Waals surface area contributed by atoms with Crippen LogP contribution in [0, 0.1) is 5.92 Å². The number of nitrogens with zero attached hydrogens (tertiary/aromatic N) is 1. The molecule has 152 valence electrons. The average molecular weight is 364 g/mol. The standard InChI is InChI=1S/C24H45NO/c1-3-4-5-6-7-8-9-10-11-12-13-14-15-16-17-18-24(26)25-21-19-23(2)20-22-25/h10-11,23H,3-9,12-22H2,1-2H3. The number of hydrogen-bond acceptors (Lipinski definition) is 1. The topological polar surface area (TPSA) is 20.3 Å². The summed E-state index contributed by atoms with van der Waals surface area (Å²) in [5.41, 5.74) is 0. The molecule has 0 N–H and O–H groups in total. The first-order valence-corrected chi connectivity index (χ1v) is 11.7. The molecule has 1 saturated heterocycles. The van der Waals surface area contributed by atoms with Crippen molar-refractivity contribution in [2.45, 2.75) is 117 Å². The molecule has 0 aromatic heterocycles. The Morgan fingerprint density at radius 2 is 1.31 bits per heavy atom. The smallest absolute Gasteiger partial charge is 0.222 e. The third kappa shape index (κ3) is 12.5. The van der Waals surface area contributed by atoms with Gasteiger partial charge in [0.2, 0.25) is 5.91 Å². The van der Waals surface area contributed by atoms with Crippen LogP contribution in [0.25, 0.3) is 0 Å². The quantitative estimate of drug-likeness (QED) is 0.221. The molecule has 0 saturated carbocycles. The van der Waals surface area contributed by atoms with E-state index in [-0.39, 0.29) is 0 Å². The highest BCUT2D eigenvalue weighted by molar-refractivity contribution is 5.76. The lowest BCUT2D eigenvalue weighted by molar-refractivity contribution is -0.132. The number of likely N-dealkylation sites (tertiary alicyclic amines) is 1. The normalized spacial score (nSPS) is 15.8. The van der Waals surface area contributed by atoms with Gasteiger partial charge >= 0.3 is 0 Å². The van der Waals surface area contributed by atoms with Gasteiger partial charge in [0.1, 0.15) is 0 Å². The van der Waals surface area contributed by atoms with E-state index in [1.165, 1.54) is 89.9 Å². The summed E-state index contributed by atoms with van der Waals surface area (Å²) in [4.78, 5) is 14.2. The summed E-state index contributed by atoms with van der Waals surface area (Å²) in [5.74, 6) is 1.20. The fraction of sp³-hybridized carbons (Fsp3) is 0.875. The van der Waals surface area contributed by atoms with Gasteiger partial charge in [-0.3, -0.25) is 4.79 Å². The summed E-state index contributed by atoms with van der Waals surface area (Å²) in [7, 11) is 0. The number of allylic oxidation sites excluding steroid dienone is 2. The molecule has 1 aliphatic heterocycles. The highest BCUT2D eigenvalue weighted by Crippen LogP contribution is 2.17. The van der Waals surface area contributed by atoms with Crippen LogP contribution in [0.4, 0.5) is 0 Å². The minimum Gasteiger partial charge on any atom is -0.343 e. The Bertz CT molecular complexity index is 355. The summed E-state index contributed by atoms with van der Waals surface area (Å²) in [6.07, 6.45) is 25.0. The van der Waals surface area contributed by atoms with E-state index in [0.29, 0.717) is 5.91 Å². The van der Waals surface area contributed by atoms with Crippen LogP contribution in [0.3, 0.4) is 0 Å². The fourth-order valence-corrected chi connectivity index (χ4v) is 3.76. The second-order valence-corrected chi connectivity index (χ2v) is 8.40. The van der Waals surface area contributed by atoms with Crippen LogP contribution in [-0.2, 0) is 4.79 Å². The Morgan fingerprint density at radius 3 is 1.88 bits per heavy atom. The number of hydrogen-bond donors (Lipinski definition) is 0. The van der Waals surface area contributed by atoms with Crippen LogP contribution < -0.4 is 0 Å². The largest absolute Gasteiger partial charge is 0.343 e. The molecule has 2 heteroatoms. The molecule has 1 aliphatic rings. The van der Waals surface area contributed by atoms with Crippen molar-refractivity contribution < 1.29 is 4.79 Å². The van der Waals surface area contributed by atoms with E-state index in [4.69, 9.17) is 0 Å². The second kappa shape index (κ2) is 16.4. The van der Waals surface area contributed by atoms with Crippen LogP contribution in [0.1, 0.15) is 117 Å². The number of carbonyl (C=O) groups excluding carboxylic acids is 1. The highest BCUT2D eigenvalue weighted by Gasteiger charge is 2.19. The molecule has 0 aromatic rings. The van der Waals surface area contributed by atoms with Crippen molar-refractivity contribution in [3.05, 3.63) is 12.2 Å². The van der Waals surface area contributed by atoms with Gasteiger partial charge in [0.05, 0.1) is 0 Å². The average Bonchev–Trinajstić information content (AvgIpc) is 2.65. The van der Waals surface area contributed by atoms with Crippen LogP contribution >= 0.6 is 0 Å². The third-order valence-electron chi connectivity index (χ3n) is 5.79. The number of piperidine rings is 1. The monoisotopic (exact) mass is 363 g/mol. The molecule has 0 spiro atoms. The van der Waals surface area contributed by atoms with Gasteiger partial charge in [-0.2, -0.15) is 0 Å². The van der Waals surface area contributed by atoms with E-state index < -0.39 is 0 Å². The lowest BCUT2D eigenvalue weighted by atomic mass is 9.99. The Balaban J connectivity index is 1.81. The van der Waals surface area contributed by atoms with Crippen molar-refractivity contribution in [1.82, 2.24) is 4.90 Å². The van der Waals surface area contributed by atoms with Gasteiger partial charge in [0, 0.05) is 19.5 Å². The zero-order chi connectivity index (χ0) is 18.9. The highest BCUT2D eigenvalue weighted by atomic mass is 16.2. The van der Waals surface area contributed by atoms with Crippen molar-refractivity contribution in [2.75, 3.05) is 13.1 Å². The lowest BCUT2D eigenvalue weighted by Gasteiger charge is -2.30. The molecule has 0 bridgehead atoms. The summed E-state index contributed by atoms with van der Waals surface area (Å²) in [6.45, 7) is 6.56. The minimum absolute atomic E-state index is 0.398. The van der Waals surface area contributed by atoms with Crippen molar-refractivity contribution in [3.63, 3.8) is 0 Å². The zero-order valence-corrected chi connectivity index (χ0v) is 17.8. The first-order valence-electron chi connectivity index (χ1n) is 11.7. The van der Waals surface area contributed by atoms with Gasteiger partial charge in [0.15, 0.2) is 0 Å². The molecule has 1 fully saturated rings. The van der Waals surface area contributed by atoms with E-state index in [0.717, 1.165) is 31.8 Å². The van der Waals surface area contributed by atoms with Gasteiger partial charge in [0.25, 0.3) is 0 Å². The molecule has 0 aromatic carbocycles. The van der Waals surface area contributed by atoms with Gasteiger partial charge in [-0.25, -0.2) is 0 Å². The molecule has 1 heterocycles. The minimum atomic E-state index is 0.398. The lowest BCUT2D eigenvalue weighted by Crippen LogP contribution is -2.37. The maximum atomic E-state index is 12.2. The molecular formula is C24H45NO. The Kier molecular flexibility index (Phi) is 14.7. The Labute approximate surface area is 163 Å². The molecule has 2 nitrogen and oxygen atoms in total. The maximum absolute atomic E-state index is 12.2. The van der Waals surface area contributed by atoms with Crippen LogP contribution in [0.2, 0.25) is 0 Å². The molecular weight excluding hydrogens is 318 g/mol.